The van der Waals surface area contributed by atoms with Crippen LogP contribution < -0.4 is 0 Å². The van der Waals surface area contributed by atoms with Gasteiger partial charge in [-0.25, -0.2) is 0 Å². The van der Waals surface area contributed by atoms with Gasteiger partial charge in [0.1, 0.15) is 6.10 Å². The summed E-state index contributed by atoms with van der Waals surface area (Å²) in [5.41, 5.74) is 0. The highest BCUT2D eigenvalue weighted by Crippen LogP contribution is 2.21. The Bertz CT molecular complexity index is 206. The molecule has 0 aromatic rings. The normalized spacial score (nSPS) is 19.8. The molecule has 0 heterocycles. The van der Waals surface area contributed by atoms with Crippen LogP contribution >= 0.6 is 0 Å². The zero-order valence-electron chi connectivity index (χ0n) is 7.66. The fourth-order valence-electron chi connectivity index (χ4n) is 1.37. The van der Waals surface area contributed by atoms with Gasteiger partial charge in [-0.2, -0.15) is 0 Å². The first kappa shape index (κ1) is 10.0. The second-order valence-electron chi connectivity index (χ2n) is 3.40. The first-order chi connectivity index (χ1) is 6.11. The fraction of sp³-hybridized carbons (Fsp3) is 0.778. The maximum atomic E-state index is 11.1. The second kappa shape index (κ2) is 4.25. The molecule has 74 valence electrons. The number of carbonyl (C=O) groups is 2. The summed E-state index contributed by atoms with van der Waals surface area (Å²) in [6.07, 6.45) is 3.84. The summed E-state index contributed by atoms with van der Waals surface area (Å²) in [5.74, 6) is -2.78. The van der Waals surface area contributed by atoms with Gasteiger partial charge in [0, 0.05) is 0 Å². The lowest BCUT2D eigenvalue weighted by Gasteiger charge is -2.12. The Kier molecular flexibility index (Phi) is 3.28. The van der Waals surface area contributed by atoms with Crippen LogP contribution in [0.25, 0.3) is 0 Å². The van der Waals surface area contributed by atoms with Crippen LogP contribution in [-0.2, 0) is 14.3 Å². The summed E-state index contributed by atoms with van der Waals surface area (Å²) >= 11 is 0. The number of rotatable bonds is 3. The van der Waals surface area contributed by atoms with Crippen molar-refractivity contribution in [3.8, 4) is 0 Å². The molecule has 1 saturated carbocycles. The van der Waals surface area contributed by atoms with Crippen molar-refractivity contribution in [2.24, 2.45) is 5.92 Å². The average molecular weight is 186 g/mol. The Morgan fingerprint density at radius 1 is 1.38 bits per heavy atom. The average Bonchev–Trinajstić information content (AvgIpc) is 2.55. The molecule has 0 saturated heterocycles. The number of hydrogen-bond acceptors (Lipinski definition) is 3. The molecule has 13 heavy (non-hydrogen) atoms. The van der Waals surface area contributed by atoms with Crippen molar-refractivity contribution in [3.05, 3.63) is 0 Å². The molecule has 1 aliphatic carbocycles. The molecule has 4 heteroatoms. The van der Waals surface area contributed by atoms with E-state index in [1.165, 1.54) is 6.92 Å². The van der Waals surface area contributed by atoms with E-state index in [-0.39, 0.29) is 6.10 Å². The SMILES string of the molecule is CC(C(=O)O)C(=O)OC1CCCC1. The smallest absolute Gasteiger partial charge is 0.320 e. The van der Waals surface area contributed by atoms with E-state index in [0.29, 0.717) is 0 Å². The minimum Gasteiger partial charge on any atom is -0.481 e. The largest absolute Gasteiger partial charge is 0.481 e. The maximum absolute atomic E-state index is 11.1. The Morgan fingerprint density at radius 2 is 1.92 bits per heavy atom. The van der Waals surface area contributed by atoms with Crippen LogP contribution in [0.4, 0.5) is 0 Å². The van der Waals surface area contributed by atoms with Gasteiger partial charge in [-0.3, -0.25) is 9.59 Å². The predicted octanol–water partition coefficient (Wildman–Crippen LogP) is 1.19. The lowest BCUT2D eigenvalue weighted by Crippen LogP contribution is -2.26. The van der Waals surface area contributed by atoms with Crippen LogP contribution in [0.15, 0.2) is 0 Å². The van der Waals surface area contributed by atoms with Crippen molar-refractivity contribution >= 4 is 11.9 Å². The highest BCUT2D eigenvalue weighted by atomic mass is 16.5. The highest BCUT2D eigenvalue weighted by Gasteiger charge is 2.26. The van der Waals surface area contributed by atoms with Gasteiger partial charge in [-0.1, -0.05) is 0 Å². The quantitative estimate of drug-likeness (QED) is 0.531. The Morgan fingerprint density at radius 3 is 2.38 bits per heavy atom. The molecular weight excluding hydrogens is 172 g/mol. The summed E-state index contributed by atoms with van der Waals surface area (Å²) in [6, 6.07) is 0. The lowest BCUT2D eigenvalue weighted by atomic mass is 10.2. The fourth-order valence-corrected chi connectivity index (χ4v) is 1.37. The predicted molar refractivity (Wildman–Crippen MR) is 45.1 cm³/mol. The number of ether oxygens (including phenoxy) is 1. The van der Waals surface area contributed by atoms with Gasteiger partial charge in [-0.15, -0.1) is 0 Å². The van der Waals surface area contributed by atoms with Gasteiger partial charge in [0.05, 0.1) is 0 Å². The van der Waals surface area contributed by atoms with E-state index in [0.717, 1.165) is 25.7 Å². The zero-order valence-corrected chi connectivity index (χ0v) is 7.66. The molecule has 0 aromatic carbocycles. The summed E-state index contributed by atoms with van der Waals surface area (Å²) < 4.78 is 5.01. The second-order valence-corrected chi connectivity index (χ2v) is 3.40. The molecular formula is C9H14O4. The third-order valence-corrected chi connectivity index (χ3v) is 2.31. The number of aliphatic carboxylic acids is 1. The molecule has 1 rings (SSSR count). The minimum atomic E-state index is -1.12. The molecule has 1 N–H and O–H groups in total. The van der Waals surface area contributed by atoms with Crippen LogP contribution in [-0.4, -0.2) is 23.1 Å². The number of carboxylic acids is 1. The lowest BCUT2D eigenvalue weighted by molar-refractivity contribution is -0.161. The Hall–Kier alpha value is -1.06. The molecule has 4 nitrogen and oxygen atoms in total. The standard InChI is InChI=1S/C9H14O4/c1-6(8(10)11)9(12)13-7-4-2-3-5-7/h6-7H,2-5H2,1H3,(H,10,11). The topological polar surface area (TPSA) is 63.6 Å². The van der Waals surface area contributed by atoms with E-state index in [1.54, 1.807) is 0 Å². The summed E-state index contributed by atoms with van der Waals surface area (Å²) in [6.45, 7) is 1.35. The first-order valence-electron chi connectivity index (χ1n) is 4.54. The third kappa shape index (κ3) is 2.72. The van der Waals surface area contributed by atoms with E-state index < -0.39 is 17.9 Å². The van der Waals surface area contributed by atoms with Crippen LogP contribution in [0, 0.1) is 5.92 Å². The van der Waals surface area contributed by atoms with Crippen molar-refractivity contribution in [3.63, 3.8) is 0 Å². The molecule has 0 amide bonds. The highest BCUT2D eigenvalue weighted by molar-refractivity contribution is 5.93. The molecule has 0 spiro atoms. The van der Waals surface area contributed by atoms with Crippen LogP contribution in [0.3, 0.4) is 0 Å². The van der Waals surface area contributed by atoms with Crippen molar-refractivity contribution in [2.75, 3.05) is 0 Å². The van der Waals surface area contributed by atoms with Crippen LogP contribution in [0.5, 0.6) is 0 Å². The van der Waals surface area contributed by atoms with E-state index in [1.807, 2.05) is 0 Å². The van der Waals surface area contributed by atoms with E-state index >= 15 is 0 Å². The first-order valence-corrected chi connectivity index (χ1v) is 4.54. The van der Waals surface area contributed by atoms with Crippen molar-refractivity contribution < 1.29 is 19.4 Å². The van der Waals surface area contributed by atoms with Crippen molar-refractivity contribution in [2.45, 2.75) is 38.7 Å². The van der Waals surface area contributed by atoms with Crippen molar-refractivity contribution in [1.82, 2.24) is 0 Å². The van der Waals surface area contributed by atoms with E-state index in [9.17, 15) is 9.59 Å². The van der Waals surface area contributed by atoms with Gasteiger partial charge in [0.25, 0.3) is 0 Å². The van der Waals surface area contributed by atoms with Crippen LogP contribution in [0.2, 0.25) is 0 Å². The number of hydrogen-bond donors (Lipinski definition) is 1. The number of esters is 1. The van der Waals surface area contributed by atoms with E-state index in [4.69, 9.17) is 9.84 Å². The molecule has 0 radical (unpaired) electrons. The number of carbonyl (C=O) groups excluding carboxylic acids is 1. The third-order valence-electron chi connectivity index (χ3n) is 2.31. The Balaban J connectivity index is 2.35. The minimum absolute atomic E-state index is 0.0469. The number of carboxylic acid groups (broad SMARTS) is 1. The molecule has 0 aliphatic heterocycles. The molecule has 1 atom stereocenters. The molecule has 1 aliphatic rings. The molecule has 1 fully saturated rings. The van der Waals surface area contributed by atoms with Gasteiger partial charge in [0.15, 0.2) is 5.92 Å². The molecule has 0 bridgehead atoms. The van der Waals surface area contributed by atoms with Crippen LogP contribution in [0.1, 0.15) is 32.6 Å². The van der Waals surface area contributed by atoms with Gasteiger partial charge >= 0.3 is 11.9 Å². The van der Waals surface area contributed by atoms with Gasteiger partial charge in [-0.05, 0) is 32.6 Å². The summed E-state index contributed by atoms with van der Waals surface area (Å²) in [5, 5.41) is 8.53. The van der Waals surface area contributed by atoms with E-state index in [2.05, 4.69) is 0 Å². The molecule has 0 aromatic heterocycles. The van der Waals surface area contributed by atoms with Gasteiger partial charge in [0.2, 0.25) is 0 Å². The molecule has 1 unspecified atom stereocenters. The van der Waals surface area contributed by atoms with Gasteiger partial charge < -0.3 is 9.84 Å². The maximum Gasteiger partial charge on any atom is 0.320 e. The Labute approximate surface area is 76.9 Å². The zero-order chi connectivity index (χ0) is 9.84. The van der Waals surface area contributed by atoms with Crippen molar-refractivity contribution in [1.29, 1.82) is 0 Å². The summed E-state index contributed by atoms with van der Waals surface area (Å²) in [7, 11) is 0. The summed E-state index contributed by atoms with van der Waals surface area (Å²) in [4.78, 5) is 21.6. The monoisotopic (exact) mass is 186 g/mol.